The molecule has 5 heterocycles. The third-order valence-electron chi connectivity index (χ3n) is 9.97. The summed E-state index contributed by atoms with van der Waals surface area (Å²) < 4.78 is 6.94. The molecule has 6 nitrogen and oxygen atoms in total. The van der Waals surface area contributed by atoms with E-state index in [2.05, 4.69) is 140 Å². The second-order valence-electron chi connectivity index (χ2n) is 12.6. The Morgan fingerprint density at radius 3 is 1.84 bits per heavy atom. The molecule has 6 heteroatoms. The van der Waals surface area contributed by atoms with Crippen LogP contribution >= 0.6 is 0 Å². The molecule has 0 aliphatic carbocycles. The highest BCUT2D eigenvalue weighted by Gasteiger charge is 2.22. The molecule has 6 aromatic carbocycles. The molecule has 228 valence electrons. The number of hydrogen-bond donors (Lipinski definition) is 0. The van der Waals surface area contributed by atoms with Crippen LogP contribution in [0.1, 0.15) is 0 Å². The maximum absolute atomic E-state index is 5.03. The summed E-state index contributed by atoms with van der Waals surface area (Å²) in [5, 5.41) is 8.13. The lowest BCUT2D eigenvalue weighted by atomic mass is 10.1. The number of nitrogens with zero attached hydrogens (tertiary/aromatic N) is 6. The van der Waals surface area contributed by atoms with E-state index in [1.807, 2.05) is 36.8 Å². The Labute approximate surface area is 279 Å². The number of rotatable bonds is 3. The molecule has 0 unspecified atom stereocenters. The first kappa shape index (κ1) is 26.3. The molecule has 0 radical (unpaired) electrons. The molecular formula is C43H26N6. The van der Waals surface area contributed by atoms with Crippen LogP contribution < -0.4 is 0 Å². The molecule has 0 N–H and O–H groups in total. The molecule has 0 spiro atoms. The zero-order valence-electron chi connectivity index (χ0n) is 26.2. The molecule has 0 fully saturated rings. The van der Waals surface area contributed by atoms with Crippen molar-refractivity contribution in [2.75, 3.05) is 0 Å². The summed E-state index contributed by atoms with van der Waals surface area (Å²) >= 11 is 0. The average Bonchev–Trinajstić information content (AvgIpc) is 3.80. The maximum atomic E-state index is 5.03. The molecule has 0 aliphatic rings. The first-order chi connectivity index (χ1) is 24.3. The van der Waals surface area contributed by atoms with Gasteiger partial charge < -0.3 is 9.13 Å². The van der Waals surface area contributed by atoms with Gasteiger partial charge in [0.1, 0.15) is 0 Å². The minimum Gasteiger partial charge on any atom is -0.309 e. The summed E-state index contributed by atoms with van der Waals surface area (Å²) in [6, 6.07) is 49.4. The lowest BCUT2D eigenvalue weighted by Crippen LogP contribution is -2.00. The van der Waals surface area contributed by atoms with Crippen molar-refractivity contribution in [3.05, 3.63) is 158 Å². The van der Waals surface area contributed by atoms with Gasteiger partial charge >= 0.3 is 0 Å². The molecule has 0 saturated carbocycles. The van der Waals surface area contributed by atoms with E-state index in [1.54, 1.807) is 0 Å². The quantitative estimate of drug-likeness (QED) is 0.196. The van der Waals surface area contributed by atoms with E-state index < -0.39 is 0 Å². The summed E-state index contributed by atoms with van der Waals surface area (Å²) in [5.41, 5.74) is 9.94. The first-order valence-corrected chi connectivity index (χ1v) is 16.4. The largest absolute Gasteiger partial charge is 0.309 e. The Kier molecular flexibility index (Phi) is 5.29. The van der Waals surface area contributed by atoms with E-state index in [-0.39, 0.29) is 0 Å². The van der Waals surface area contributed by atoms with Crippen LogP contribution in [0.2, 0.25) is 0 Å². The minimum atomic E-state index is 0.668. The van der Waals surface area contributed by atoms with Crippen LogP contribution in [0.4, 0.5) is 0 Å². The van der Waals surface area contributed by atoms with Crippen molar-refractivity contribution in [3.63, 3.8) is 0 Å². The SMILES string of the molecule is c1ccc(-n2c3ccncc3c3cc(-n4c5ccccc5c5c6c7ccccc7n(-c7ncc8ccccc8n7)c6ccc54)ccc32)cc1. The zero-order valence-corrected chi connectivity index (χ0v) is 26.2. The Hall–Kier alpha value is -6.79. The predicted molar refractivity (Wildman–Crippen MR) is 200 cm³/mol. The van der Waals surface area contributed by atoms with Crippen LogP contribution in [0.25, 0.3) is 93.6 Å². The van der Waals surface area contributed by atoms with E-state index in [0.717, 1.165) is 60.8 Å². The molecule has 0 amide bonds. The number of hydrogen-bond acceptors (Lipinski definition) is 3. The standard InChI is InChI=1S/C43H26N6/c1-2-11-28(12-3-1)47-37-19-18-29(24-32(37)33-26-44-23-22-38(33)47)48-35-16-8-5-13-30(35)41-39(48)20-21-40-42(41)31-14-6-9-17-36(31)49(40)43-45-25-27-10-4-7-15-34(27)46-43/h1-26H. The van der Waals surface area contributed by atoms with E-state index >= 15 is 0 Å². The highest BCUT2D eigenvalue weighted by molar-refractivity contribution is 6.29. The van der Waals surface area contributed by atoms with Gasteiger partial charge in [-0.05, 0) is 66.7 Å². The maximum Gasteiger partial charge on any atom is 0.235 e. The minimum absolute atomic E-state index is 0.668. The van der Waals surface area contributed by atoms with Crippen molar-refractivity contribution in [3.8, 4) is 17.3 Å². The summed E-state index contributed by atoms with van der Waals surface area (Å²) in [4.78, 5) is 14.4. The van der Waals surface area contributed by atoms with Gasteiger partial charge in [0, 0.05) is 67.7 Å². The molecule has 0 saturated heterocycles. The van der Waals surface area contributed by atoms with E-state index in [0.29, 0.717) is 5.95 Å². The molecule has 0 bridgehead atoms. The summed E-state index contributed by atoms with van der Waals surface area (Å²) in [6.45, 7) is 0. The Balaban J connectivity index is 1.23. The molecule has 49 heavy (non-hydrogen) atoms. The van der Waals surface area contributed by atoms with Crippen LogP contribution in [0.15, 0.2) is 158 Å². The average molecular weight is 627 g/mol. The van der Waals surface area contributed by atoms with Crippen molar-refractivity contribution >= 4 is 76.3 Å². The monoisotopic (exact) mass is 626 g/mol. The van der Waals surface area contributed by atoms with Gasteiger partial charge in [0.25, 0.3) is 0 Å². The van der Waals surface area contributed by atoms with Crippen LogP contribution in [0.3, 0.4) is 0 Å². The molecule has 5 aromatic heterocycles. The fourth-order valence-electron chi connectivity index (χ4n) is 7.93. The number of fused-ring (bicyclic) bond motifs is 11. The highest BCUT2D eigenvalue weighted by Crippen LogP contribution is 2.43. The van der Waals surface area contributed by atoms with Crippen molar-refractivity contribution in [2.24, 2.45) is 0 Å². The number of pyridine rings is 1. The van der Waals surface area contributed by atoms with Gasteiger partial charge in [-0.15, -0.1) is 0 Å². The second kappa shape index (κ2) is 9.86. The normalized spacial score (nSPS) is 12.1. The van der Waals surface area contributed by atoms with Crippen molar-refractivity contribution in [2.45, 2.75) is 0 Å². The van der Waals surface area contributed by atoms with Gasteiger partial charge in [-0.25, -0.2) is 9.97 Å². The van der Waals surface area contributed by atoms with Crippen molar-refractivity contribution in [1.82, 2.24) is 28.7 Å². The van der Waals surface area contributed by atoms with Crippen LogP contribution in [-0.4, -0.2) is 28.7 Å². The smallest absolute Gasteiger partial charge is 0.235 e. The van der Waals surface area contributed by atoms with Crippen LogP contribution in [0, 0.1) is 0 Å². The van der Waals surface area contributed by atoms with Gasteiger partial charge in [0.2, 0.25) is 5.95 Å². The van der Waals surface area contributed by atoms with Crippen molar-refractivity contribution < 1.29 is 0 Å². The van der Waals surface area contributed by atoms with Crippen LogP contribution in [0.5, 0.6) is 0 Å². The summed E-state index contributed by atoms with van der Waals surface area (Å²) in [7, 11) is 0. The number of benzene rings is 6. The molecule has 0 aliphatic heterocycles. The summed E-state index contributed by atoms with van der Waals surface area (Å²) in [5.74, 6) is 0.668. The second-order valence-corrected chi connectivity index (χ2v) is 12.6. The highest BCUT2D eigenvalue weighted by atomic mass is 15.2. The van der Waals surface area contributed by atoms with Gasteiger partial charge in [-0.2, -0.15) is 0 Å². The lowest BCUT2D eigenvalue weighted by Gasteiger charge is -2.10. The summed E-state index contributed by atoms with van der Waals surface area (Å²) in [6.07, 6.45) is 5.78. The third kappa shape index (κ3) is 3.62. The Morgan fingerprint density at radius 2 is 1.02 bits per heavy atom. The Morgan fingerprint density at radius 1 is 0.408 bits per heavy atom. The van der Waals surface area contributed by atoms with Gasteiger partial charge in [-0.3, -0.25) is 9.55 Å². The van der Waals surface area contributed by atoms with E-state index in [4.69, 9.17) is 9.97 Å². The van der Waals surface area contributed by atoms with Gasteiger partial charge in [0.05, 0.1) is 38.6 Å². The van der Waals surface area contributed by atoms with Gasteiger partial charge in [0.15, 0.2) is 0 Å². The van der Waals surface area contributed by atoms with Gasteiger partial charge in [-0.1, -0.05) is 72.8 Å². The Bertz CT molecular complexity index is 3110. The molecular weight excluding hydrogens is 601 g/mol. The number of para-hydroxylation sites is 4. The van der Waals surface area contributed by atoms with Crippen LogP contribution in [-0.2, 0) is 0 Å². The fourth-order valence-corrected chi connectivity index (χ4v) is 7.93. The van der Waals surface area contributed by atoms with Crippen molar-refractivity contribution in [1.29, 1.82) is 0 Å². The zero-order chi connectivity index (χ0) is 32.1. The third-order valence-corrected chi connectivity index (χ3v) is 9.97. The lowest BCUT2D eigenvalue weighted by molar-refractivity contribution is 1.01. The topological polar surface area (TPSA) is 53.5 Å². The molecule has 0 atom stereocenters. The fraction of sp³-hybridized carbons (Fsp3) is 0. The first-order valence-electron chi connectivity index (χ1n) is 16.4. The van der Waals surface area contributed by atoms with E-state index in [1.165, 1.54) is 26.9 Å². The molecule has 11 aromatic rings. The molecule has 11 rings (SSSR count). The predicted octanol–water partition coefficient (Wildman–Crippen LogP) is 10.3. The van der Waals surface area contributed by atoms with E-state index in [9.17, 15) is 0 Å². The number of aromatic nitrogens is 6.